The van der Waals surface area contributed by atoms with Gasteiger partial charge < -0.3 is 14.8 Å². The van der Waals surface area contributed by atoms with E-state index >= 15 is 0 Å². The highest BCUT2D eigenvalue weighted by atomic mass is 16.6. The van der Waals surface area contributed by atoms with Crippen LogP contribution in [0.3, 0.4) is 0 Å². The van der Waals surface area contributed by atoms with Crippen molar-refractivity contribution >= 4 is 11.8 Å². The Morgan fingerprint density at radius 2 is 1.82 bits per heavy atom. The Kier molecular flexibility index (Phi) is 12.3. The molecule has 1 rings (SSSR count). The van der Waals surface area contributed by atoms with Gasteiger partial charge in [-0.15, -0.1) is 13.2 Å². The van der Waals surface area contributed by atoms with E-state index in [1.165, 1.54) is 7.11 Å². The highest BCUT2D eigenvalue weighted by molar-refractivity contribution is 5.98. The largest absolute Gasteiger partial charge is 0.377 e. The molecule has 1 aromatic rings. The third-order valence-electron chi connectivity index (χ3n) is 3.81. The van der Waals surface area contributed by atoms with E-state index in [-0.39, 0.29) is 12.3 Å². The first kappa shape index (κ1) is 23.6. The third-order valence-corrected chi connectivity index (χ3v) is 3.81. The molecule has 2 N–H and O–H groups in total. The van der Waals surface area contributed by atoms with Crippen LogP contribution in [-0.2, 0) is 25.7 Å². The molecule has 1 aromatic carbocycles. The fourth-order valence-corrected chi connectivity index (χ4v) is 2.43. The highest BCUT2D eigenvalue weighted by Crippen LogP contribution is 2.11. The maximum atomic E-state index is 12.6. The van der Waals surface area contributed by atoms with Crippen molar-refractivity contribution in [1.82, 2.24) is 10.8 Å². The minimum absolute atomic E-state index is 0.285. The van der Waals surface area contributed by atoms with Gasteiger partial charge in [-0.05, 0) is 30.9 Å². The van der Waals surface area contributed by atoms with Gasteiger partial charge in [0.2, 0.25) is 0 Å². The van der Waals surface area contributed by atoms with Gasteiger partial charge in [0.25, 0.3) is 11.8 Å². The number of carbonyl (C=O) groups is 2. The fourth-order valence-electron chi connectivity index (χ4n) is 2.43. The van der Waals surface area contributed by atoms with Crippen LogP contribution in [0.15, 0.2) is 49.6 Å². The van der Waals surface area contributed by atoms with Gasteiger partial charge in [-0.25, -0.2) is 5.48 Å². The van der Waals surface area contributed by atoms with Crippen LogP contribution in [0.1, 0.15) is 35.2 Å². The maximum Gasteiger partial charge on any atom is 0.266 e. The molecule has 0 saturated carbocycles. The summed E-state index contributed by atoms with van der Waals surface area (Å²) < 4.78 is 11.0. The molecule has 0 unspecified atom stereocenters. The number of ether oxygens (including phenoxy) is 2. The highest BCUT2D eigenvalue weighted by Gasteiger charge is 2.21. The standard InChI is InChI=1S/C21H30N2O5/c1-4-10-19(21(25)23-26-3)22-20(24)18-12-7-6-11-17(18)16-28-15-9-8-14-27-13-5-2/h4-7,11-12,19H,1-2,8-10,13-16H2,3H3,(H,22,24)(H,23,25)/t19-/m0/s1. The molecule has 1 atom stereocenters. The number of unbranched alkanes of at least 4 members (excludes halogenated alkanes) is 1. The quantitative estimate of drug-likeness (QED) is 0.273. The summed E-state index contributed by atoms with van der Waals surface area (Å²) in [5.74, 6) is -0.793. The third kappa shape index (κ3) is 8.94. The van der Waals surface area contributed by atoms with Crippen LogP contribution >= 0.6 is 0 Å². The van der Waals surface area contributed by atoms with Crippen molar-refractivity contribution in [1.29, 1.82) is 0 Å². The van der Waals surface area contributed by atoms with Crippen LogP contribution < -0.4 is 10.8 Å². The first-order valence-electron chi connectivity index (χ1n) is 9.22. The summed E-state index contributed by atoms with van der Waals surface area (Å²) in [4.78, 5) is 29.3. The van der Waals surface area contributed by atoms with Crippen LogP contribution in [0.25, 0.3) is 0 Å². The van der Waals surface area contributed by atoms with Crippen LogP contribution in [-0.4, -0.2) is 44.8 Å². The van der Waals surface area contributed by atoms with E-state index in [2.05, 4.69) is 28.8 Å². The van der Waals surface area contributed by atoms with E-state index < -0.39 is 11.9 Å². The summed E-state index contributed by atoms with van der Waals surface area (Å²) in [5.41, 5.74) is 3.45. The first-order chi connectivity index (χ1) is 13.6. The number of hydroxylamine groups is 1. The molecule has 0 radical (unpaired) electrons. The molecule has 0 aliphatic rings. The topological polar surface area (TPSA) is 85.9 Å². The number of hydrogen-bond acceptors (Lipinski definition) is 5. The molecule has 0 bridgehead atoms. The summed E-state index contributed by atoms with van der Waals surface area (Å²) in [6, 6.07) is 6.38. The van der Waals surface area contributed by atoms with Crippen molar-refractivity contribution in [2.75, 3.05) is 26.9 Å². The predicted octanol–water partition coefficient (Wildman–Crippen LogP) is 2.54. The van der Waals surface area contributed by atoms with Crippen molar-refractivity contribution in [3.63, 3.8) is 0 Å². The lowest BCUT2D eigenvalue weighted by Gasteiger charge is -2.17. The SMILES string of the molecule is C=CCOCCCCOCc1ccccc1C(=O)N[C@@H](CC=C)C(=O)NOC. The van der Waals surface area contributed by atoms with Crippen molar-refractivity contribution in [2.45, 2.75) is 31.9 Å². The number of nitrogens with one attached hydrogen (secondary N) is 2. The van der Waals surface area contributed by atoms with Gasteiger partial charge in [0, 0.05) is 18.8 Å². The molecule has 28 heavy (non-hydrogen) atoms. The van der Waals surface area contributed by atoms with Gasteiger partial charge >= 0.3 is 0 Å². The number of rotatable bonds is 15. The van der Waals surface area contributed by atoms with Crippen molar-refractivity contribution in [3.05, 3.63) is 60.7 Å². The second-order valence-corrected chi connectivity index (χ2v) is 6.00. The van der Waals surface area contributed by atoms with Gasteiger partial charge in [0.1, 0.15) is 6.04 Å². The summed E-state index contributed by atoms with van der Waals surface area (Å²) in [6.07, 6.45) is 5.33. The van der Waals surface area contributed by atoms with E-state index in [1.807, 2.05) is 12.1 Å². The number of amides is 2. The molecule has 0 aliphatic heterocycles. The van der Waals surface area contributed by atoms with Crippen LogP contribution in [0, 0.1) is 0 Å². The van der Waals surface area contributed by atoms with Gasteiger partial charge in [-0.1, -0.05) is 30.4 Å². The Bertz CT molecular complexity index is 633. The Labute approximate surface area is 166 Å². The van der Waals surface area contributed by atoms with E-state index in [1.54, 1.807) is 24.3 Å². The molecule has 0 heterocycles. The second-order valence-electron chi connectivity index (χ2n) is 6.00. The average molecular weight is 390 g/mol. The maximum absolute atomic E-state index is 12.6. The summed E-state index contributed by atoms with van der Waals surface area (Å²) in [5, 5.41) is 2.71. The Balaban J connectivity index is 2.56. The van der Waals surface area contributed by atoms with Gasteiger partial charge in [-0.2, -0.15) is 0 Å². The Morgan fingerprint density at radius 3 is 2.50 bits per heavy atom. The molecule has 7 heteroatoms. The lowest BCUT2D eigenvalue weighted by atomic mass is 10.1. The molecule has 0 fully saturated rings. The summed E-state index contributed by atoms with van der Waals surface area (Å²) >= 11 is 0. The lowest BCUT2D eigenvalue weighted by molar-refractivity contribution is -0.133. The van der Waals surface area contributed by atoms with Gasteiger partial charge in [0.05, 0.1) is 20.3 Å². The van der Waals surface area contributed by atoms with Crippen molar-refractivity contribution in [2.24, 2.45) is 0 Å². The monoisotopic (exact) mass is 390 g/mol. The number of benzene rings is 1. The zero-order valence-corrected chi connectivity index (χ0v) is 16.4. The molecule has 0 aromatic heterocycles. The molecular formula is C21H30N2O5. The van der Waals surface area contributed by atoms with Crippen LogP contribution in [0.4, 0.5) is 0 Å². The van der Waals surface area contributed by atoms with Crippen molar-refractivity contribution < 1.29 is 23.9 Å². The predicted molar refractivity (Wildman–Crippen MR) is 108 cm³/mol. The van der Waals surface area contributed by atoms with Gasteiger partial charge in [-0.3, -0.25) is 14.4 Å². The molecule has 154 valence electrons. The van der Waals surface area contributed by atoms with Crippen LogP contribution in [0.5, 0.6) is 0 Å². The first-order valence-corrected chi connectivity index (χ1v) is 9.22. The van der Waals surface area contributed by atoms with Gasteiger partial charge in [0.15, 0.2) is 0 Å². The van der Waals surface area contributed by atoms with E-state index in [0.29, 0.717) is 32.0 Å². The smallest absolute Gasteiger partial charge is 0.266 e. The molecule has 0 saturated heterocycles. The zero-order valence-electron chi connectivity index (χ0n) is 16.4. The minimum atomic E-state index is -0.769. The van der Waals surface area contributed by atoms with Crippen molar-refractivity contribution in [3.8, 4) is 0 Å². The van der Waals surface area contributed by atoms with E-state index in [4.69, 9.17) is 9.47 Å². The average Bonchev–Trinajstić information content (AvgIpc) is 2.70. The second kappa shape index (κ2) is 14.6. The Morgan fingerprint density at radius 1 is 1.11 bits per heavy atom. The fraction of sp³-hybridized carbons (Fsp3) is 0.429. The van der Waals surface area contributed by atoms with E-state index in [0.717, 1.165) is 18.4 Å². The van der Waals surface area contributed by atoms with E-state index in [9.17, 15) is 9.59 Å². The van der Waals surface area contributed by atoms with Crippen LogP contribution in [0.2, 0.25) is 0 Å². The number of hydrogen-bond donors (Lipinski definition) is 2. The number of carbonyl (C=O) groups excluding carboxylic acids is 2. The molecule has 0 aliphatic carbocycles. The molecule has 0 spiro atoms. The lowest BCUT2D eigenvalue weighted by Crippen LogP contribution is -2.46. The summed E-state index contributed by atoms with van der Waals surface area (Å²) in [6.45, 7) is 9.32. The molecule has 2 amide bonds. The molecule has 7 nitrogen and oxygen atoms in total. The Hall–Kier alpha value is -2.48. The summed E-state index contributed by atoms with van der Waals surface area (Å²) in [7, 11) is 1.34. The normalized spacial score (nSPS) is 11.5. The molecular weight excluding hydrogens is 360 g/mol. The minimum Gasteiger partial charge on any atom is -0.377 e. The zero-order chi connectivity index (χ0) is 20.6.